The fraction of sp³-hybridized carbons (Fsp3) is 0.375. The van der Waals surface area contributed by atoms with Crippen molar-refractivity contribution in [1.82, 2.24) is 0 Å². The highest BCUT2D eigenvalue weighted by atomic mass is 16.5. The lowest BCUT2D eigenvalue weighted by molar-refractivity contribution is 0.0551. The Balaban J connectivity index is 3.08. The Bertz CT molecular complexity index is 562. The van der Waals surface area contributed by atoms with E-state index in [0.29, 0.717) is 6.61 Å². The normalized spacial score (nSPS) is 11.0. The molecule has 0 N–H and O–H groups in total. The minimum absolute atomic E-state index is 0.0522. The molecule has 0 saturated carbocycles. The summed E-state index contributed by atoms with van der Waals surface area (Å²) < 4.78 is 20.0. The van der Waals surface area contributed by atoms with E-state index >= 15 is 0 Å². The average Bonchev–Trinajstić information content (AvgIpc) is 2.56. The molecule has 0 fully saturated rings. The molecular formula is C16H20O6. The van der Waals surface area contributed by atoms with Crippen molar-refractivity contribution >= 4 is 11.9 Å². The van der Waals surface area contributed by atoms with Crippen LogP contribution >= 0.6 is 0 Å². The van der Waals surface area contributed by atoms with Gasteiger partial charge in [0.05, 0.1) is 26.4 Å². The smallest absolute Gasteiger partial charge is 0.342 e. The minimum atomic E-state index is -0.658. The summed E-state index contributed by atoms with van der Waals surface area (Å²) in [7, 11) is 4.08. The zero-order valence-electron chi connectivity index (χ0n) is 13.2. The molecule has 120 valence electrons. The number of benzene rings is 1. The van der Waals surface area contributed by atoms with Crippen molar-refractivity contribution in [3.63, 3.8) is 0 Å². The number of methoxy groups -OCH3 is 3. The van der Waals surface area contributed by atoms with Crippen LogP contribution < -0.4 is 4.74 Å². The number of hydrogen-bond donors (Lipinski definition) is 0. The summed E-state index contributed by atoms with van der Waals surface area (Å²) in [5, 5.41) is 0. The maximum Gasteiger partial charge on any atom is 0.342 e. The van der Waals surface area contributed by atoms with Crippen LogP contribution in [0.25, 0.3) is 0 Å². The molecule has 0 aliphatic heterocycles. The molecule has 0 amide bonds. The van der Waals surface area contributed by atoms with Gasteiger partial charge in [0.15, 0.2) is 0 Å². The number of hydrogen-bond acceptors (Lipinski definition) is 6. The van der Waals surface area contributed by atoms with Crippen LogP contribution in [0.15, 0.2) is 29.8 Å². The summed E-state index contributed by atoms with van der Waals surface area (Å²) in [6.45, 7) is 2.61. The van der Waals surface area contributed by atoms with Crippen molar-refractivity contribution in [2.75, 3.05) is 34.5 Å². The number of carbonyl (C=O) groups is 2. The van der Waals surface area contributed by atoms with Gasteiger partial charge in [0, 0.05) is 7.11 Å². The summed E-state index contributed by atoms with van der Waals surface area (Å²) in [6.07, 6.45) is 1.86. The van der Waals surface area contributed by atoms with E-state index in [1.807, 2.05) is 13.0 Å². The highest BCUT2D eigenvalue weighted by Crippen LogP contribution is 2.24. The summed E-state index contributed by atoms with van der Waals surface area (Å²) in [5.74, 6) is -1.02. The van der Waals surface area contributed by atoms with E-state index in [0.717, 1.165) is 5.57 Å². The van der Waals surface area contributed by atoms with Crippen molar-refractivity contribution in [2.24, 2.45) is 0 Å². The maximum atomic E-state index is 11.9. The van der Waals surface area contributed by atoms with Crippen LogP contribution in [0.4, 0.5) is 0 Å². The molecule has 0 aromatic heterocycles. The Morgan fingerprint density at radius 1 is 1.09 bits per heavy atom. The highest BCUT2D eigenvalue weighted by Gasteiger charge is 2.23. The molecule has 0 spiro atoms. The van der Waals surface area contributed by atoms with Gasteiger partial charge in [0.2, 0.25) is 0 Å². The lowest BCUT2D eigenvalue weighted by atomic mass is 10.1. The van der Waals surface area contributed by atoms with Gasteiger partial charge in [-0.3, -0.25) is 0 Å². The third kappa shape index (κ3) is 4.60. The van der Waals surface area contributed by atoms with E-state index in [-0.39, 0.29) is 23.5 Å². The molecule has 1 aromatic rings. The van der Waals surface area contributed by atoms with Gasteiger partial charge in [0.1, 0.15) is 17.9 Å². The predicted octanol–water partition coefficient (Wildman–Crippen LogP) is 2.23. The van der Waals surface area contributed by atoms with Crippen LogP contribution in [0.1, 0.15) is 27.6 Å². The lowest BCUT2D eigenvalue weighted by Gasteiger charge is -2.13. The summed E-state index contributed by atoms with van der Waals surface area (Å²) >= 11 is 0. The quantitative estimate of drug-likeness (QED) is 0.568. The Kier molecular flexibility index (Phi) is 7.12. The van der Waals surface area contributed by atoms with Crippen LogP contribution in [0.5, 0.6) is 5.75 Å². The first-order valence-electron chi connectivity index (χ1n) is 6.62. The van der Waals surface area contributed by atoms with Crippen LogP contribution in [-0.2, 0) is 14.2 Å². The molecule has 0 aliphatic carbocycles. The molecule has 0 aliphatic rings. The number of ether oxygens (including phenoxy) is 4. The second-order valence-corrected chi connectivity index (χ2v) is 4.46. The Morgan fingerprint density at radius 2 is 1.77 bits per heavy atom. The molecule has 0 saturated heterocycles. The van der Waals surface area contributed by atoms with Gasteiger partial charge in [-0.05, 0) is 24.6 Å². The first-order valence-corrected chi connectivity index (χ1v) is 6.62. The second kappa shape index (κ2) is 8.84. The summed E-state index contributed by atoms with van der Waals surface area (Å²) in [6, 6.07) is 4.70. The Hall–Kier alpha value is -2.34. The van der Waals surface area contributed by atoms with Gasteiger partial charge >= 0.3 is 11.9 Å². The number of carbonyl (C=O) groups excluding carboxylic acids is 2. The third-order valence-corrected chi connectivity index (χ3v) is 2.87. The fourth-order valence-corrected chi connectivity index (χ4v) is 1.72. The summed E-state index contributed by atoms with van der Waals surface area (Å²) in [5.41, 5.74) is 1.09. The van der Waals surface area contributed by atoms with Crippen LogP contribution in [0, 0.1) is 0 Å². The van der Waals surface area contributed by atoms with Crippen LogP contribution in [0.2, 0.25) is 0 Å². The van der Waals surface area contributed by atoms with Gasteiger partial charge in [-0.1, -0.05) is 12.1 Å². The molecular weight excluding hydrogens is 288 g/mol. The molecule has 0 bridgehead atoms. The number of rotatable bonds is 7. The van der Waals surface area contributed by atoms with E-state index < -0.39 is 11.9 Å². The predicted molar refractivity (Wildman–Crippen MR) is 80.2 cm³/mol. The van der Waals surface area contributed by atoms with Gasteiger partial charge in [-0.25, -0.2) is 9.59 Å². The van der Waals surface area contributed by atoms with Crippen molar-refractivity contribution in [3.8, 4) is 5.75 Å². The van der Waals surface area contributed by atoms with Crippen LogP contribution in [0.3, 0.4) is 0 Å². The molecule has 1 rings (SSSR count). The fourth-order valence-electron chi connectivity index (χ4n) is 1.72. The second-order valence-electron chi connectivity index (χ2n) is 4.46. The minimum Gasteiger partial charge on any atom is -0.488 e. The molecule has 0 heterocycles. The largest absolute Gasteiger partial charge is 0.488 e. The van der Waals surface area contributed by atoms with Gasteiger partial charge in [-0.2, -0.15) is 0 Å². The van der Waals surface area contributed by atoms with E-state index in [1.165, 1.54) is 20.3 Å². The van der Waals surface area contributed by atoms with Gasteiger partial charge in [-0.15, -0.1) is 0 Å². The van der Waals surface area contributed by atoms with Crippen molar-refractivity contribution < 1.29 is 28.5 Å². The standard InChI is InChI=1S/C16H20O6/c1-11(8-9-19-2)10-22-13-7-5-6-12(15(17)20-3)14(13)16(18)21-4/h5-8H,9-10H2,1-4H3/b11-8+. The van der Waals surface area contributed by atoms with E-state index in [9.17, 15) is 9.59 Å². The first-order chi connectivity index (χ1) is 10.5. The monoisotopic (exact) mass is 308 g/mol. The van der Waals surface area contributed by atoms with E-state index in [1.54, 1.807) is 19.2 Å². The maximum absolute atomic E-state index is 11.9. The van der Waals surface area contributed by atoms with E-state index in [2.05, 4.69) is 4.74 Å². The molecule has 0 atom stereocenters. The van der Waals surface area contributed by atoms with Gasteiger partial charge in [0.25, 0.3) is 0 Å². The van der Waals surface area contributed by atoms with E-state index in [4.69, 9.17) is 14.2 Å². The first kappa shape index (κ1) is 17.7. The van der Waals surface area contributed by atoms with Crippen molar-refractivity contribution in [1.29, 1.82) is 0 Å². The third-order valence-electron chi connectivity index (χ3n) is 2.87. The molecule has 1 aromatic carbocycles. The molecule has 22 heavy (non-hydrogen) atoms. The van der Waals surface area contributed by atoms with Gasteiger partial charge < -0.3 is 18.9 Å². The topological polar surface area (TPSA) is 71.1 Å². The molecule has 6 heteroatoms. The Morgan fingerprint density at radius 3 is 2.36 bits per heavy atom. The van der Waals surface area contributed by atoms with Crippen LogP contribution in [-0.4, -0.2) is 46.5 Å². The lowest BCUT2D eigenvalue weighted by Crippen LogP contribution is -2.14. The van der Waals surface area contributed by atoms with Crippen molar-refractivity contribution in [3.05, 3.63) is 41.0 Å². The average molecular weight is 308 g/mol. The molecule has 6 nitrogen and oxygen atoms in total. The zero-order chi connectivity index (χ0) is 16.5. The summed E-state index contributed by atoms with van der Waals surface area (Å²) in [4.78, 5) is 23.7. The highest BCUT2D eigenvalue weighted by molar-refractivity contribution is 6.05. The molecule has 0 unspecified atom stereocenters. The Labute approximate surface area is 129 Å². The molecule has 0 radical (unpaired) electrons. The number of esters is 2. The zero-order valence-corrected chi connectivity index (χ0v) is 13.2. The SMILES string of the molecule is COC/C=C(\C)COc1cccc(C(=O)OC)c1C(=O)OC. The van der Waals surface area contributed by atoms with Crippen molar-refractivity contribution in [2.45, 2.75) is 6.92 Å².